The summed E-state index contributed by atoms with van der Waals surface area (Å²) in [5, 5.41) is 50.1. The van der Waals surface area contributed by atoms with Gasteiger partial charge in [0.1, 0.15) is 43.2 Å². The number of carbonyl (C=O) groups is 2. The fourth-order valence-electron chi connectivity index (χ4n) is 6.98. The third-order valence-electron chi connectivity index (χ3n) is 10.8. The summed E-state index contributed by atoms with van der Waals surface area (Å²) in [7, 11) is -5.12. The van der Waals surface area contributed by atoms with E-state index >= 15 is 0 Å². The smallest absolute Gasteiger partial charge is 0.462 e. The highest BCUT2D eigenvalue weighted by molar-refractivity contribution is 7.47. The Bertz CT molecular complexity index is 1130. The van der Waals surface area contributed by atoms with Crippen LogP contribution in [0.25, 0.3) is 0 Å². The summed E-state index contributed by atoms with van der Waals surface area (Å²) in [6.07, 6.45) is 25.2. The van der Waals surface area contributed by atoms with Crippen LogP contribution in [-0.4, -0.2) is 98.3 Å². The van der Waals surface area contributed by atoms with E-state index in [0.717, 1.165) is 57.8 Å². The molecule has 0 aliphatic heterocycles. The molecule has 13 nitrogen and oxygen atoms in total. The highest BCUT2D eigenvalue weighted by Crippen LogP contribution is 2.47. The van der Waals surface area contributed by atoms with Crippen molar-refractivity contribution in [3.63, 3.8) is 0 Å². The van der Waals surface area contributed by atoms with Gasteiger partial charge in [0.15, 0.2) is 6.10 Å². The monoisotopic (exact) mass is 863 g/mol. The van der Waals surface area contributed by atoms with E-state index in [4.69, 9.17) is 18.5 Å². The van der Waals surface area contributed by atoms with E-state index in [-0.39, 0.29) is 12.8 Å². The quantitative estimate of drug-likeness (QED) is 0.0149. The lowest BCUT2D eigenvalue weighted by Gasteiger charge is -2.41. The number of carbonyl (C=O) groups excluding carboxylic acids is 2. The van der Waals surface area contributed by atoms with Crippen molar-refractivity contribution in [1.82, 2.24) is 0 Å². The van der Waals surface area contributed by atoms with Gasteiger partial charge in [0, 0.05) is 12.8 Å². The largest absolute Gasteiger partial charge is 0.472 e. The Morgan fingerprint density at radius 1 is 0.508 bits per heavy atom. The van der Waals surface area contributed by atoms with Gasteiger partial charge in [-0.3, -0.25) is 18.6 Å². The van der Waals surface area contributed by atoms with Crippen LogP contribution in [0.4, 0.5) is 0 Å². The lowest BCUT2D eigenvalue weighted by Crippen LogP contribution is -2.64. The summed E-state index contributed by atoms with van der Waals surface area (Å²) in [5.41, 5.74) is 0. The van der Waals surface area contributed by atoms with Crippen molar-refractivity contribution in [2.24, 2.45) is 0 Å². The molecule has 346 valence electrons. The first-order valence-corrected chi connectivity index (χ1v) is 24.6. The van der Waals surface area contributed by atoms with Crippen LogP contribution in [0.1, 0.15) is 194 Å². The van der Waals surface area contributed by atoms with Crippen molar-refractivity contribution in [3.8, 4) is 0 Å². The molecule has 14 heteroatoms. The topological polar surface area (TPSA) is 210 Å². The SMILES string of the molecule is CCCCCCCC/C=C/CCCCCCCCCC(=O)OC[C@@H](COP(=O)(O)OC1C(O)C(O)C(O)[C@H](O)C1O)OC(=O)CCCCC/C=C/CCCCCCCC. The average molecular weight is 863 g/mol. The first kappa shape index (κ1) is 55.3. The molecule has 1 rings (SSSR count). The molecule has 0 saturated heterocycles. The zero-order valence-electron chi connectivity index (χ0n) is 36.6. The number of phosphoric acid groups is 1. The van der Waals surface area contributed by atoms with E-state index in [2.05, 4.69) is 38.2 Å². The number of ether oxygens (including phenoxy) is 2. The number of aliphatic hydroxyl groups excluding tert-OH is 5. The highest BCUT2D eigenvalue weighted by Gasteiger charge is 2.51. The van der Waals surface area contributed by atoms with E-state index in [1.807, 2.05) is 0 Å². The predicted molar refractivity (Wildman–Crippen MR) is 230 cm³/mol. The van der Waals surface area contributed by atoms with E-state index in [1.54, 1.807) is 0 Å². The van der Waals surface area contributed by atoms with Crippen molar-refractivity contribution in [2.75, 3.05) is 13.2 Å². The van der Waals surface area contributed by atoms with Crippen LogP contribution >= 0.6 is 7.82 Å². The molecule has 1 aliphatic rings. The molecule has 0 aromatic heterocycles. The Hall–Kier alpha value is -1.67. The Morgan fingerprint density at radius 3 is 1.31 bits per heavy atom. The zero-order chi connectivity index (χ0) is 43.6. The molecule has 1 saturated carbocycles. The van der Waals surface area contributed by atoms with Crippen LogP contribution in [0.15, 0.2) is 24.3 Å². The molecule has 0 heterocycles. The second-order valence-electron chi connectivity index (χ2n) is 16.3. The Kier molecular flexibility index (Phi) is 33.7. The molecular formula is C45H83O13P. The summed E-state index contributed by atoms with van der Waals surface area (Å²) >= 11 is 0. The fourth-order valence-corrected chi connectivity index (χ4v) is 7.95. The van der Waals surface area contributed by atoms with Crippen molar-refractivity contribution in [2.45, 2.75) is 236 Å². The number of aliphatic hydroxyl groups is 5. The van der Waals surface area contributed by atoms with Crippen LogP contribution in [0, 0.1) is 0 Å². The first-order valence-electron chi connectivity index (χ1n) is 23.1. The molecule has 59 heavy (non-hydrogen) atoms. The molecule has 6 unspecified atom stereocenters. The third kappa shape index (κ3) is 28.5. The molecule has 8 atom stereocenters. The minimum atomic E-state index is -5.12. The van der Waals surface area contributed by atoms with Gasteiger partial charge in [-0.1, -0.05) is 141 Å². The van der Waals surface area contributed by atoms with Crippen molar-refractivity contribution in [3.05, 3.63) is 24.3 Å². The van der Waals surface area contributed by atoms with Crippen LogP contribution < -0.4 is 0 Å². The maximum absolute atomic E-state index is 12.8. The molecule has 0 aromatic carbocycles. The van der Waals surface area contributed by atoms with Gasteiger partial charge < -0.3 is 39.9 Å². The van der Waals surface area contributed by atoms with E-state index in [1.165, 1.54) is 96.3 Å². The van der Waals surface area contributed by atoms with E-state index in [0.29, 0.717) is 12.8 Å². The molecule has 0 radical (unpaired) electrons. The molecule has 1 aliphatic carbocycles. The summed E-state index contributed by atoms with van der Waals surface area (Å²) < 4.78 is 33.5. The van der Waals surface area contributed by atoms with Crippen LogP contribution in [0.2, 0.25) is 0 Å². The lowest BCUT2D eigenvalue weighted by molar-refractivity contribution is -0.220. The van der Waals surface area contributed by atoms with Gasteiger partial charge in [0.2, 0.25) is 0 Å². The highest BCUT2D eigenvalue weighted by atomic mass is 31.2. The first-order chi connectivity index (χ1) is 28.4. The number of hydrogen-bond acceptors (Lipinski definition) is 12. The van der Waals surface area contributed by atoms with E-state index in [9.17, 15) is 44.6 Å². The average Bonchev–Trinajstić information content (AvgIpc) is 3.21. The maximum atomic E-state index is 12.8. The number of allylic oxidation sites excluding steroid dienone is 4. The van der Waals surface area contributed by atoms with Gasteiger partial charge in [-0.15, -0.1) is 0 Å². The van der Waals surface area contributed by atoms with Gasteiger partial charge in [-0.2, -0.15) is 0 Å². The van der Waals surface area contributed by atoms with Crippen molar-refractivity contribution >= 4 is 19.8 Å². The normalized spacial score (nSPS) is 22.5. The Morgan fingerprint density at radius 2 is 0.864 bits per heavy atom. The molecule has 0 bridgehead atoms. The minimum Gasteiger partial charge on any atom is -0.462 e. The van der Waals surface area contributed by atoms with Crippen molar-refractivity contribution in [1.29, 1.82) is 0 Å². The van der Waals surface area contributed by atoms with Gasteiger partial charge in [-0.05, 0) is 64.2 Å². The molecule has 0 amide bonds. The number of rotatable bonds is 38. The summed E-state index contributed by atoms with van der Waals surface area (Å²) in [6.45, 7) is 3.27. The van der Waals surface area contributed by atoms with Crippen LogP contribution in [-0.2, 0) is 32.7 Å². The van der Waals surface area contributed by atoms with Gasteiger partial charge in [0.25, 0.3) is 0 Å². The standard InChI is InChI=1S/C45H83O13P/c1-3-5-7-9-11-13-15-17-18-19-20-22-23-25-27-29-31-33-38(46)55-35-37(36-56-59(53,54)58-45-43(51)41(49)40(48)42(50)44(45)52)57-39(47)34-32-30-28-26-24-21-16-14-12-10-8-6-4-2/h17-18,21,24,37,40-45,48-52H,3-16,19-20,22-23,25-36H2,1-2H3,(H,53,54)/b18-17+,24-21+/t37-,40?,41-,42?,43?,44?,45?/m0/s1. The van der Waals surface area contributed by atoms with Gasteiger partial charge >= 0.3 is 19.8 Å². The predicted octanol–water partition coefficient (Wildman–Crippen LogP) is 8.84. The minimum absolute atomic E-state index is 0.0771. The fraction of sp³-hybridized carbons (Fsp3) is 0.867. The third-order valence-corrected chi connectivity index (χ3v) is 11.8. The molecule has 1 fully saturated rings. The summed E-state index contributed by atoms with van der Waals surface area (Å²) in [5.74, 6) is -1.12. The number of hydrogen-bond donors (Lipinski definition) is 6. The molecule has 0 spiro atoms. The number of esters is 2. The van der Waals surface area contributed by atoms with Crippen LogP contribution in [0.3, 0.4) is 0 Å². The summed E-state index contributed by atoms with van der Waals surface area (Å²) in [6, 6.07) is 0. The van der Waals surface area contributed by atoms with Gasteiger partial charge in [0.05, 0.1) is 6.61 Å². The molecule has 6 N–H and O–H groups in total. The molecule has 0 aromatic rings. The van der Waals surface area contributed by atoms with E-state index < -0.39 is 75.7 Å². The second-order valence-corrected chi connectivity index (χ2v) is 17.7. The van der Waals surface area contributed by atoms with Crippen LogP contribution in [0.5, 0.6) is 0 Å². The number of unbranched alkanes of at least 4 members (excludes halogenated alkanes) is 22. The Labute approximate surface area is 356 Å². The lowest BCUT2D eigenvalue weighted by atomic mass is 9.85. The molecular weight excluding hydrogens is 779 g/mol. The van der Waals surface area contributed by atoms with Crippen molar-refractivity contribution < 1.29 is 63.1 Å². The maximum Gasteiger partial charge on any atom is 0.472 e. The second kappa shape index (κ2) is 35.9. The Balaban J connectivity index is 2.46. The zero-order valence-corrected chi connectivity index (χ0v) is 37.4. The number of phosphoric ester groups is 1. The van der Waals surface area contributed by atoms with Gasteiger partial charge in [-0.25, -0.2) is 4.57 Å². The summed E-state index contributed by atoms with van der Waals surface area (Å²) in [4.78, 5) is 35.6.